The molecular formula is C35H69NO4. The summed E-state index contributed by atoms with van der Waals surface area (Å²) in [4.78, 5) is 21.4. The van der Waals surface area contributed by atoms with Crippen LogP contribution < -0.4 is 5.48 Å². The van der Waals surface area contributed by atoms with Crippen LogP contribution in [0.4, 0.5) is 0 Å². The lowest BCUT2D eigenvalue weighted by molar-refractivity contribution is -0.137. The summed E-state index contributed by atoms with van der Waals surface area (Å²) in [6.07, 6.45) is 42.1. The molecule has 0 rings (SSSR count). The Morgan fingerprint density at radius 1 is 0.325 bits per heavy atom. The Morgan fingerprint density at radius 2 is 0.500 bits per heavy atom. The van der Waals surface area contributed by atoms with Gasteiger partial charge in [-0.25, -0.2) is 5.48 Å². The number of aliphatic carboxylic acids is 1. The Labute approximate surface area is 249 Å². The van der Waals surface area contributed by atoms with Gasteiger partial charge in [-0.3, -0.25) is 14.8 Å². The largest absolute Gasteiger partial charge is 0.481 e. The topological polar surface area (TPSA) is 86.6 Å². The Kier molecular flexibility index (Phi) is 33.2. The first-order valence-corrected chi connectivity index (χ1v) is 17.8. The maximum Gasteiger partial charge on any atom is 0.303 e. The minimum absolute atomic E-state index is 0.261. The smallest absolute Gasteiger partial charge is 0.303 e. The summed E-state index contributed by atoms with van der Waals surface area (Å²) in [5.74, 6) is -0.917. The maximum atomic E-state index is 10.9. The van der Waals surface area contributed by atoms with Crippen molar-refractivity contribution < 1.29 is 19.9 Å². The molecule has 0 unspecified atom stereocenters. The third kappa shape index (κ3) is 34.9. The van der Waals surface area contributed by atoms with Crippen molar-refractivity contribution in [1.82, 2.24) is 5.48 Å². The van der Waals surface area contributed by atoms with Gasteiger partial charge in [-0.2, -0.15) is 0 Å². The zero-order valence-electron chi connectivity index (χ0n) is 26.5. The molecule has 0 atom stereocenters. The average Bonchev–Trinajstić information content (AvgIpc) is 2.95. The van der Waals surface area contributed by atoms with Gasteiger partial charge in [0.05, 0.1) is 0 Å². The zero-order valence-corrected chi connectivity index (χ0v) is 26.5. The van der Waals surface area contributed by atoms with Crippen molar-refractivity contribution in [3.8, 4) is 0 Å². The number of nitrogens with one attached hydrogen (secondary N) is 1. The quantitative estimate of drug-likeness (QED) is 0.0410. The van der Waals surface area contributed by atoms with E-state index in [9.17, 15) is 9.59 Å². The van der Waals surface area contributed by atoms with E-state index in [0.29, 0.717) is 12.8 Å². The van der Waals surface area contributed by atoms with Crippen LogP contribution in [0.25, 0.3) is 0 Å². The van der Waals surface area contributed by atoms with Gasteiger partial charge < -0.3 is 5.11 Å². The van der Waals surface area contributed by atoms with Crippen molar-refractivity contribution in [2.75, 3.05) is 0 Å². The van der Waals surface area contributed by atoms with Gasteiger partial charge in [-0.15, -0.1) is 0 Å². The predicted octanol–water partition coefficient (Wildman–Crippen LogP) is 11.4. The molecule has 3 N–H and O–H groups in total. The lowest BCUT2D eigenvalue weighted by Gasteiger charge is -2.05. The van der Waals surface area contributed by atoms with Crippen LogP contribution in [0.1, 0.15) is 212 Å². The molecule has 0 bridgehead atoms. The van der Waals surface area contributed by atoms with Crippen LogP contribution in [0.3, 0.4) is 0 Å². The minimum atomic E-state index is -0.655. The van der Waals surface area contributed by atoms with Gasteiger partial charge in [0.1, 0.15) is 0 Å². The Hall–Kier alpha value is -1.10. The fourth-order valence-corrected chi connectivity index (χ4v) is 5.74. The normalized spacial score (nSPS) is 11.2. The van der Waals surface area contributed by atoms with E-state index in [4.69, 9.17) is 10.3 Å². The second-order valence-electron chi connectivity index (χ2n) is 12.4. The van der Waals surface area contributed by atoms with E-state index >= 15 is 0 Å². The average molecular weight is 568 g/mol. The summed E-state index contributed by atoms with van der Waals surface area (Å²) in [6, 6.07) is 0. The Balaban J connectivity index is 3.05. The van der Waals surface area contributed by atoms with Crippen LogP contribution in [-0.2, 0) is 9.59 Å². The molecule has 0 saturated heterocycles. The number of carbonyl (C=O) groups is 2. The number of carboxylic acids is 1. The predicted molar refractivity (Wildman–Crippen MR) is 170 cm³/mol. The van der Waals surface area contributed by atoms with E-state index < -0.39 is 5.97 Å². The van der Waals surface area contributed by atoms with Crippen molar-refractivity contribution in [1.29, 1.82) is 0 Å². The molecule has 0 fully saturated rings. The van der Waals surface area contributed by atoms with Gasteiger partial charge in [-0.05, 0) is 12.8 Å². The molecular weight excluding hydrogens is 498 g/mol. The number of hydroxylamine groups is 1. The summed E-state index contributed by atoms with van der Waals surface area (Å²) >= 11 is 0. The Morgan fingerprint density at radius 3 is 0.675 bits per heavy atom. The highest BCUT2D eigenvalue weighted by Crippen LogP contribution is 2.17. The van der Waals surface area contributed by atoms with Gasteiger partial charge in [-0.1, -0.05) is 186 Å². The third-order valence-corrected chi connectivity index (χ3v) is 8.42. The van der Waals surface area contributed by atoms with Crippen molar-refractivity contribution in [3.63, 3.8) is 0 Å². The number of hydrogen-bond donors (Lipinski definition) is 3. The molecule has 5 nitrogen and oxygen atoms in total. The second-order valence-corrected chi connectivity index (χ2v) is 12.4. The van der Waals surface area contributed by atoms with Crippen LogP contribution in [0.5, 0.6) is 0 Å². The van der Waals surface area contributed by atoms with Crippen LogP contribution in [0.2, 0.25) is 0 Å². The molecule has 0 heterocycles. The van der Waals surface area contributed by atoms with E-state index in [0.717, 1.165) is 25.7 Å². The molecule has 0 aliphatic carbocycles. The van der Waals surface area contributed by atoms with Crippen molar-refractivity contribution in [2.24, 2.45) is 0 Å². The summed E-state index contributed by atoms with van der Waals surface area (Å²) in [5, 5.41) is 17.1. The fraction of sp³-hybridized carbons (Fsp3) is 0.943. The van der Waals surface area contributed by atoms with E-state index in [1.165, 1.54) is 173 Å². The fourth-order valence-electron chi connectivity index (χ4n) is 5.74. The lowest BCUT2D eigenvalue weighted by Crippen LogP contribution is -2.17. The van der Waals surface area contributed by atoms with Gasteiger partial charge in [0.2, 0.25) is 5.91 Å². The first kappa shape index (κ1) is 38.9. The second kappa shape index (κ2) is 34.1. The molecule has 0 aromatic heterocycles. The molecule has 0 spiro atoms. The monoisotopic (exact) mass is 568 g/mol. The van der Waals surface area contributed by atoms with Crippen LogP contribution in [-0.4, -0.2) is 22.2 Å². The highest BCUT2D eigenvalue weighted by Gasteiger charge is 2.00. The summed E-state index contributed by atoms with van der Waals surface area (Å²) in [7, 11) is 0. The molecule has 5 heteroatoms. The Bertz CT molecular complexity index is 526. The van der Waals surface area contributed by atoms with Gasteiger partial charge in [0, 0.05) is 12.8 Å². The van der Waals surface area contributed by atoms with Crippen LogP contribution in [0.15, 0.2) is 0 Å². The summed E-state index contributed by atoms with van der Waals surface area (Å²) < 4.78 is 0. The van der Waals surface area contributed by atoms with E-state index in [1.54, 1.807) is 5.48 Å². The van der Waals surface area contributed by atoms with Crippen LogP contribution in [0, 0.1) is 0 Å². The number of hydrogen-bond acceptors (Lipinski definition) is 3. The number of rotatable bonds is 34. The molecule has 238 valence electrons. The zero-order chi connectivity index (χ0) is 29.2. The van der Waals surface area contributed by atoms with Crippen molar-refractivity contribution in [3.05, 3.63) is 0 Å². The first-order chi connectivity index (χ1) is 19.7. The van der Waals surface area contributed by atoms with Crippen molar-refractivity contribution >= 4 is 11.9 Å². The van der Waals surface area contributed by atoms with E-state index in [2.05, 4.69) is 0 Å². The summed E-state index contributed by atoms with van der Waals surface area (Å²) in [6.45, 7) is 0. The number of amides is 1. The molecule has 0 radical (unpaired) electrons. The molecule has 0 aliphatic heterocycles. The van der Waals surface area contributed by atoms with Gasteiger partial charge in [0.15, 0.2) is 0 Å². The lowest BCUT2D eigenvalue weighted by atomic mass is 10.0. The number of carboxylic acid groups (broad SMARTS) is 1. The van der Waals surface area contributed by atoms with Crippen LogP contribution >= 0.6 is 0 Å². The molecule has 40 heavy (non-hydrogen) atoms. The first-order valence-electron chi connectivity index (χ1n) is 17.8. The number of unbranched alkanes of at least 4 members (excludes halogenated alkanes) is 30. The maximum absolute atomic E-state index is 10.9. The summed E-state index contributed by atoms with van der Waals surface area (Å²) in [5.41, 5.74) is 1.69. The van der Waals surface area contributed by atoms with Gasteiger partial charge >= 0.3 is 5.97 Å². The highest BCUT2D eigenvalue weighted by molar-refractivity contribution is 5.74. The van der Waals surface area contributed by atoms with E-state index in [-0.39, 0.29) is 5.91 Å². The molecule has 0 aromatic carbocycles. The van der Waals surface area contributed by atoms with Gasteiger partial charge in [0.25, 0.3) is 0 Å². The number of carbonyl (C=O) groups excluding carboxylic acids is 1. The third-order valence-electron chi connectivity index (χ3n) is 8.42. The molecule has 0 saturated carbocycles. The highest BCUT2D eigenvalue weighted by atomic mass is 16.5. The van der Waals surface area contributed by atoms with Crippen molar-refractivity contribution in [2.45, 2.75) is 212 Å². The van der Waals surface area contributed by atoms with E-state index in [1.807, 2.05) is 0 Å². The minimum Gasteiger partial charge on any atom is -0.481 e. The molecule has 0 aromatic rings. The SMILES string of the molecule is O=C(O)CCCCCCCCCCCCCCCCCCCCCCCCCCCCCCCCCC(=O)NO. The molecule has 0 aliphatic rings. The molecule has 1 amide bonds. The standard InChI is InChI=1S/C35H69NO4/c37-34(36-40)32-30-28-26-24-22-20-18-16-14-12-10-8-6-4-2-1-3-5-7-9-11-13-15-17-19-21-23-25-27-29-31-33-35(38)39/h40H,1-33H2,(H,36,37)(H,38,39).